The van der Waals surface area contributed by atoms with Crippen LogP contribution in [0.25, 0.3) is 11.2 Å². The monoisotopic (exact) mass is 205 g/mol. The van der Waals surface area contributed by atoms with Crippen molar-refractivity contribution in [2.75, 3.05) is 5.73 Å². The summed E-state index contributed by atoms with van der Waals surface area (Å²) in [6.45, 7) is 0. The number of nitrogen functional groups attached to an aromatic ring is 1. The molecular weight excluding hydrogens is 194 g/mol. The predicted octanol–water partition coefficient (Wildman–Crippen LogP) is -3.25. The number of aromatic nitrogens is 4. The molecule has 0 aliphatic rings. The summed E-state index contributed by atoms with van der Waals surface area (Å²) in [6, 6.07) is 0. The van der Waals surface area contributed by atoms with Crippen molar-refractivity contribution in [3.05, 3.63) is 16.7 Å². The van der Waals surface area contributed by atoms with Gasteiger partial charge in [-0.1, -0.05) is 0 Å². The van der Waals surface area contributed by atoms with E-state index in [1.54, 1.807) is 0 Å². The van der Waals surface area contributed by atoms with Gasteiger partial charge >= 0.3 is 0 Å². The average molecular weight is 205 g/mol. The summed E-state index contributed by atoms with van der Waals surface area (Å²) >= 11 is 0. The maximum Gasteiger partial charge on any atom is 0.278 e. The first-order chi connectivity index (χ1) is 5.27. The Balaban J connectivity index is 0. The quantitative estimate of drug-likeness (QED) is 0.406. The number of nitrogens with two attached hydrogens (primary N) is 1. The van der Waals surface area contributed by atoms with E-state index in [1.807, 2.05) is 0 Å². The molecule has 0 unspecified atom stereocenters. The summed E-state index contributed by atoms with van der Waals surface area (Å²) in [6.07, 6.45) is 1.40. The molecule has 0 spiro atoms. The lowest BCUT2D eigenvalue weighted by Gasteiger charge is -1.89. The minimum absolute atomic E-state index is 0. The van der Waals surface area contributed by atoms with Crippen LogP contribution in [0.2, 0.25) is 0 Å². The molecule has 0 amide bonds. The molecule has 80 valence electrons. The van der Waals surface area contributed by atoms with Gasteiger partial charge in [0.05, 0.1) is 6.33 Å². The minimum atomic E-state index is -0.301. The highest BCUT2D eigenvalue weighted by Gasteiger charge is 2.01. The van der Waals surface area contributed by atoms with E-state index in [1.165, 1.54) is 6.33 Å². The van der Waals surface area contributed by atoms with E-state index < -0.39 is 0 Å². The number of fused-ring (bicyclic) bond motifs is 1. The molecule has 0 saturated carbocycles. The van der Waals surface area contributed by atoms with Crippen LogP contribution in [0.1, 0.15) is 0 Å². The number of H-pyrrole nitrogens is 2. The Hall–Kier alpha value is -1.97. The number of nitrogens with one attached hydrogen (secondary N) is 2. The van der Waals surface area contributed by atoms with Gasteiger partial charge in [0, 0.05) is 0 Å². The van der Waals surface area contributed by atoms with Gasteiger partial charge in [-0.15, -0.1) is 0 Å². The van der Waals surface area contributed by atoms with Crippen LogP contribution >= 0.6 is 0 Å². The number of nitrogens with zero attached hydrogens (tertiary/aromatic N) is 2. The molecule has 2 aromatic rings. The molecule has 0 saturated heterocycles. The fraction of sp³-hybridized carbons (Fsp3) is 0. The van der Waals surface area contributed by atoms with E-state index in [2.05, 4.69) is 19.9 Å². The molecule has 0 bridgehead atoms. The summed E-state index contributed by atoms with van der Waals surface area (Å²) in [5.74, 6) is 0.0783. The van der Waals surface area contributed by atoms with E-state index in [0.29, 0.717) is 11.2 Å². The van der Waals surface area contributed by atoms with Gasteiger partial charge in [0.25, 0.3) is 5.56 Å². The highest BCUT2D eigenvalue weighted by Crippen LogP contribution is 1.98. The molecule has 0 atom stereocenters. The van der Waals surface area contributed by atoms with Crippen LogP contribution in [0.4, 0.5) is 5.95 Å². The lowest BCUT2D eigenvalue weighted by molar-refractivity contribution is 0.823. The van der Waals surface area contributed by atoms with Crippen molar-refractivity contribution in [3.63, 3.8) is 0 Å². The Morgan fingerprint density at radius 2 is 1.93 bits per heavy atom. The summed E-state index contributed by atoms with van der Waals surface area (Å²) in [5.41, 5.74) is 5.65. The zero-order valence-electron chi connectivity index (χ0n) is 6.96. The molecule has 0 aliphatic carbocycles. The predicted molar refractivity (Wildman–Crippen MR) is 49.8 cm³/mol. The van der Waals surface area contributed by atoms with E-state index in [9.17, 15) is 4.79 Å². The third-order valence-electron chi connectivity index (χ3n) is 1.31. The number of hydrogen-bond donors (Lipinski definition) is 3. The van der Waals surface area contributed by atoms with Crippen molar-refractivity contribution in [1.82, 2.24) is 19.9 Å². The smallest absolute Gasteiger partial charge is 0.278 e. The summed E-state index contributed by atoms with van der Waals surface area (Å²) in [7, 11) is 0. The van der Waals surface area contributed by atoms with Gasteiger partial charge in [-0.3, -0.25) is 9.78 Å². The summed E-state index contributed by atoms with van der Waals surface area (Å²) in [5, 5.41) is 0. The second-order valence-corrected chi connectivity index (χ2v) is 2.05. The fourth-order valence-electron chi connectivity index (χ4n) is 0.860. The first kappa shape index (κ1) is 14.5. The van der Waals surface area contributed by atoms with Gasteiger partial charge < -0.3 is 27.1 Å². The maximum atomic E-state index is 11.0. The first-order valence-corrected chi connectivity index (χ1v) is 2.96. The van der Waals surface area contributed by atoms with E-state index in [-0.39, 0.29) is 27.9 Å². The van der Waals surface area contributed by atoms with Gasteiger partial charge in [-0.2, -0.15) is 4.98 Å². The lowest BCUT2D eigenvalue weighted by Crippen LogP contribution is -2.10. The second kappa shape index (κ2) is 4.91. The average Bonchev–Trinajstić information content (AvgIpc) is 2.34. The lowest BCUT2D eigenvalue weighted by atomic mass is 10.5. The molecule has 2 aromatic heterocycles. The van der Waals surface area contributed by atoms with Gasteiger partial charge in [0.1, 0.15) is 0 Å². The van der Waals surface area contributed by atoms with Crippen LogP contribution in [-0.4, -0.2) is 36.4 Å². The van der Waals surface area contributed by atoms with Crippen LogP contribution in [0.5, 0.6) is 0 Å². The van der Waals surface area contributed by atoms with Crippen molar-refractivity contribution in [1.29, 1.82) is 0 Å². The molecule has 0 fully saturated rings. The van der Waals surface area contributed by atoms with Crippen LogP contribution in [-0.2, 0) is 0 Å². The maximum absolute atomic E-state index is 11.0. The van der Waals surface area contributed by atoms with Gasteiger partial charge in [-0.05, 0) is 0 Å². The standard InChI is InChI=1S/C5H5N5O.3H2O/c6-5-9-3-2(4(11)10-5)7-1-8-3;;;/h1H,(H4,6,7,8,9,10,11);3*1H2. The summed E-state index contributed by atoms with van der Waals surface area (Å²) < 4.78 is 0. The molecule has 0 radical (unpaired) electrons. The highest BCUT2D eigenvalue weighted by atomic mass is 16.1. The fourth-order valence-corrected chi connectivity index (χ4v) is 0.860. The molecule has 2 heterocycles. The molecular formula is C5H11N5O4. The Bertz CT molecular complexity index is 449. The number of anilines is 1. The molecule has 0 aliphatic heterocycles. The van der Waals surface area contributed by atoms with Crippen molar-refractivity contribution in [2.24, 2.45) is 0 Å². The third-order valence-corrected chi connectivity index (χ3v) is 1.31. The Kier molecular flexibility index (Phi) is 5.10. The number of rotatable bonds is 0. The van der Waals surface area contributed by atoms with Crippen molar-refractivity contribution < 1.29 is 16.4 Å². The number of imidazole rings is 1. The van der Waals surface area contributed by atoms with Crippen LogP contribution in [0.3, 0.4) is 0 Å². The van der Waals surface area contributed by atoms with Crippen LogP contribution in [0, 0.1) is 0 Å². The normalized spacial score (nSPS) is 8.29. The number of hydrogen-bond acceptors (Lipinski definition) is 4. The second-order valence-electron chi connectivity index (χ2n) is 2.05. The molecule has 10 N–H and O–H groups in total. The SMILES string of the molecule is Nc1nc2nc[nH]c2c(=O)[nH]1.O.O.O. The largest absolute Gasteiger partial charge is 0.412 e. The molecule has 0 aromatic carbocycles. The van der Waals surface area contributed by atoms with Gasteiger partial charge in [0.15, 0.2) is 11.2 Å². The zero-order valence-corrected chi connectivity index (χ0v) is 6.96. The Morgan fingerprint density at radius 3 is 2.57 bits per heavy atom. The van der Waals surface area contributed by atoms with Crippen LogP contribution < -0.4 is 11.3 Å². The molecule has 9 heteroatoms. The van der Waals surface area contributed by atoms with Crippen molar-refractivity contribution >= 4 is 17.1 Å². The van der Waals surface area contributed by atoms with E-state index in [4.69, 9.17) is 5.73 Å². The minimum Gasteiger partial charge on any atom is -0.412 e. The topological polar surface area (TPSA) is 195 Å². The molecule has 2 rings (SSSR count). The highest BCUT2D eigenvalue weighted by molar-refractivity contribution is 5.69. The Morgan fingerprint density at radius 1 is 1.29 bits per heavy atom. The van der Waals surface area contributed by atoms with Crippen molar-refractivity contribution in [3.8, 4) is 0 Å². The molecule has 14 heavy (non-hydrogen) atoms. The Labute approximate surface area is 76.9 Å². The van der Waals surface area contributed by atoms with E-state index in [0.717, 1.165) is 0 Å². The third kappa shape index (κ3) is 2.04. The van der Waals surface area contributed by atoms with Gasteiger partial charge in [-0.25, -0.2) is 4.98 Å². The number of aromatic amines is 2. The van der Waals surface area contributed by atoms with E-state index >= 15 is 0 Å². The zero-order chi connectivity index (χ0) is 7.84. The summed E-state index contributed by atoms with van der Waals surface area (Å²) in [4.78, 5) is 23.5. The van der Waals surface area contributed by atoms with Gasteiger partial charge in [0.2, 0.25) is 5.95 Å². The van der Waals surface area contributed by atoms with Crippen molar-refractivity contribution in [2.45, 2.75) is 0 Å². The first-order valence-electron chi connectivity index (χ1n) is 2.96. The molecule has 9 nitrogen and oxygen atoms in total. The van der Waals surface area contributed by atoms with Crippen LogP contribution in [0.15, 0.2) is 11.1 Å².